The molecular weight excluding hydrogens is 472 g/mol. The highest BCUT2D eigenvalue weighted by Crippen LogP contribution is 2.34. The minimum absolute atomic E-state index is 0.0633. The molecule has 0 spiro atoms. The van der Waals surface area contributed by atoms with Crippen molar-refractivity contribution in [2.24, 2.45) is 7.05 Å². The van der Waals surface area contributed by atoms with Crippen molar-refractivity contribution in [3.8, 4) is 11.8 Å². The first-order chi connectivity index (χ1) is 15.9. The maximum absolute atomic E-state index is 14.7. The van der Waals surface area contributed by atoms with Crippen LogP contribution in [0.1, 0.15) is 33.1 Å². The standard InChI is InChI=1S/C21H25F6N3O4/c1-10(28-11(2)31)21(26,27)7-12-4-5-13(8-32-12)34-20-29-18-14(22)6-15(33-9-16(23)24)17(25)19(18)30(20)3/h6,10,12-13,16H,4-5,7-9H2,1-3H3,(H,28,31)/t10-,12-,13+/m1/s1. The van der Waals surface area contributed by atoms with Gasteiger partial charge in [-0.2, -0.15) is 4.98 Å². The lowest BCUT2D eigenvalue weighted by atomic mass is 9.98. The van der Waals surface area contributed by atoms with Gasteiger partial charge in [0.05, 0.1) is 18.8 Å². The number of carbonyl (C=O) groups excluding carboxylic acids is 1. The summed E-state index contributed by atoms with van der Waals surface area (Å²) >= 11 is 0. The molecule has 0 bridgehead atoms. The molecule has 1 amide bonds. The highest BCUT2D eigenvalue weighted by Gasteiger charge is 2.41. The SMILES string of the molecule is CC(=O)N[C@H](C)C(F)(F)C[C@H]1CC[C@H](Oc2nc3c(F)cc(OCC(F)F)c(F)c3n2C)CO1. The van der Waals surface area contributed by atoms with Crippen molar-refractivity contribution < 1.29 is 45.3 Å². The zero-order valence-electron chi connectivity index (χ0n) is 18.7. The molecule has 1 aromatic carbocycles. The maximum atomic E-state index is 14.7. The van der Waals surface area contributed by atoms with E-state index in [2.05, 4.69) is 15.0 Å². The lowest BCUT2D eigenvalue weighted by Crippen LogP contribution is -2.47. The molecule has 0 saturated carbocycles. The number of nitrogens with zero attached hydrogens (tertiary/aromatic N) is 2. The molecule has 0 radical (unpaired) electrons. The van der Waals surface area contributed by atoms with E-state index in [9.17, 15) is 31.1 Å². The van der Waals surface area contributed by atoms with Gasteiger partial charge in [-0.15, -0.1) is 0 Å². The van der Waals surface area contributed by atoms with Gasteiger partial charge in [0.15, 0.2) is 17.4 Å². The molecule has 3 rings (SSSR count). The van der Waals surface area contributed by atoms with E-state index >= 15 is 0 Å². The second-order valence-electron chi connectivity index (χ2n) is 8.18. The van der Waals surface area contributed by atoms with E-state index in [0.29, 0.717) is 12.5 Å². The summed E-state index contributed by atoms with van der Waals surface area (Å²) in [6.45, 7) is 1.20. The zero-order chi connectivity index (χ0) is 25.2. The predicted octanol–water partition coefficient (Wildman–Crippen LogP) is 3.97. The Morgan fingerprint density at radius 2 is 2.06 bits per heavy atom. The van der Waals surface area contributed by atoms with Gasteiger partial charge in [-0.05, 0) is 19.8 Å². The molecule has 190 valence electrons. The average Bonchev–Trinajstić information content (AvgIpc) is 3.07. The summed E-state index contributed by atoms with van der Waals surface area (Å²) < 4.78 is 99.4. The maximum Gasteiger partial charge on any atom is 0.297 e. The van der Waals surface area contributed by atoms with Crippen LogP contribution in [0, 0.1) is 11.6 Å². The Morgan fingerprint density at radius 1 is 1.35 bits per heavy atom. The normalized spacial score (nSPS) is 19.9. The second-order valence-corrected chi connectivity index (χ2v) is 8.18. The molecule has 1 aromatic heterocycles. The van der Waals surface area contributed by atoms with E-state index in [0.717, 1.165) is 11.5 Å². The van der Waals surface area contributed by atoms with Crippen molar-refractivity contribution in [3.63, 3.8) is 0 Å². The van der Waals surface area contributed by atoms with Crippen LogP contribution in [0.3, 0.4) is 0 Å². The molecule has 0 unspecified atom stereocenters. The van der Waals surface area contributed by atoms with E-state index < -0.39 is 66.9 Å². The zero-order valence-corrected chi connectivity index (χ0v) is 18.7. The van der Waals surface area contributed by atoms with Crippen molar-refractivity contribution in [3.05, 3.63) is 17.7 Å². The Kier molecular flexibility index (Phi) is 7.84. The summed E-state index contributed by atoms with van der Waals surface area (Å²) in [6.07, 6.45) is -4.31. The van der Waals surface area contributed by atoms with Crippen molar-refractivity contribution in [1.29, 1.82) is 0 Å². The highest BCUT2D eigenvalue weighted by molar-refractivity contribution is 5.80. The number of carbonyl (C=O) groups is 1. The Morgan fingerprint density at radius 3 is 2.65 bits per heavy atom. The van der Waals surface area contributed by atoms with Gasteiger partial charge in [-0.25, -0.2) is 26.3 Å². The molecule has 1 aliphatic heterocycles. The molecule has 1 fully saturated rings. The summed E-state index contributed by atoms with van der Waals surface area (Å²) in [7, 11) is 1.35. The molecule has 1 aliphatic rings. The summed E-state index contributed by atoms with van der Waals surface area (Å²) in [4.78, 5) is 15.0. The monoisotopic (exact) mass is 497 g/mol. The van der Waals surface area contributed by atoms with Crippen LogP contribution in [0.2, 0.25) is 0 Å². The topological polar surface area (TPSA) is 74.6 Å². The molecule has 2 aromatic rings. The fourth-order valence-electron chi connectivity index (χ4n) is 3.70. The van der Waals surface area contributed by atoms with E-state index in [1.54, 1.807) is 0 Å². The number of nitrogens with one attached hydrogen (secondary N) is 1. The average molecular weight is 497 g/mol. The quantitative estimate of drug-likeness (QED) is 0.531. The van der Waals surface area contributed by atoms with Crippen LogP contribution in [0.5, 0.6) is 11.8 Å². The number of imidazole rings is 1. The number of aromatic nitrogens is 2. The van der Waals surface area contributed by atoms with Crippen molar-refractivity contribution >= 4 is 16.9 Å². The van der Waals surface area contributed by atoms with Crippen molar-refractivity contribution in [2.75, 3.05) is 13.2 Å². The number of rotatable bonds is 9. The largest absolute Gasteiger partial charge is 0.484 e. The molecule has 1 N–H and O–H groups in total. The Hall–Kier alpha value is -2.70. The number of benzene rings is 1. The lowest BCUT2D eigenvalue weighted by Gasteiger charge is -2.33. The highest BCUT2D eigenvalue weighted by atomic mass is 19.3. The van der Waals surface area contributed by atoms with Crippen LogP contribution in [0.15, 0.2) is 6.07 Å². The van der Waals surface area contributed by atoms with Crippen LogP contribution in [-0.2, 0) is 16.6 Å². The minimum Gasteiger partial charge on any atom is -0.484 e. The van der Waals surface area contributed by atoms with Crippen LogP contribution >= 0.6 is 0 Å². The van der Waals surface area contributed by atoms with Gasteiger partial charge in [-0.3, -0.25) is 9.36 Å². The third-order valence-corrected chi connectivity index (χ3v) is 5.48. The van der Waals surface area contributed by atoms with E-state index in [1.807, 2.05) is 0 Å². The summed E-state index contributed by atoms with van der Waals surface area (Å²) in [5, 5.41) is 2.17. The van der Waals surface area contributed by atoms with Crippen LogP contribution < -0.4 is 14.8 Å². The molecule has 34 heavy (non-hydrogen) atoms. The molecule has 1 saturated heterocycles. The Bertz CT molecular complexity index is 1020. The second kappa shape index (κ2) is 10.3. The van der Waals surface area contributed by atoms with Crippen LogP contribution in [0.4, 0.5) is 26.3 Å². The summed E-state index contributed by atoms with van der Waals surface area (Å²) in [5.74, 6) is -6.48. The predicted molar refractivity (Wildman–Crippen MR) is 108 cm³/mol. The van der Waals surface area contributed by atoms with Gasteiger partial charge in [0.25, 0.3) is 18.4 Å². The smallest absolute Gasteiger partial charge is 0.297 e. The first kappa shape index (κ1) is 25.9. The molecule has 0 aliphatic carbocycles. The van der Waals surface area contributed by atoms with Gasteiger partial charge in [0, 0.05) is 26.5 Å². The van der Waals surface area contributed by atoms with Gasteiger partial charge >= 0.3 is 0 Å². The van der Waals surface area contributed by atoms with Gasteiger partial charge in [0.2, 0.25) is 5.91 Å². The molecule has 3 atom stereocenters. The summed E-state index contributed by atoms with van der Waals surface area (Å²) in [6, 6.07) is -0.884. The first-order valence-electron chi connectivity index (χ1n) is 10.6. The number of ether oxygens (including phenoxy) is 3. The van der Waals surface area contributed by atoms with Gasteiger partial charge in [-0.1, -0.05) is 0 Å². The van der Waals surface area contributed by atoms with Crippen molar-refractivity contribution in [1.82, 2.24) is 14.9 Å². The molecule has 7 nitrogen and oxygen atoms in total. The third-order valence-electron chi connectivity index (χ3n) is 5.48. The first-order valence-corrected chi connectivity index (χ1v) is 10.6. The van der Waals surface area contributed by atoms with E-state index in [-0.39, 0.29) is 30.1 Å². The summed E-state index contributed by atoms with van der Waals surface area (Å²) in [5.41, 5.74) is -0.707. The molecule has 2 heterocycles. The lowest BCUT2D eigenvalue weighted by molar-refractivity contribution is -0.130. The Labute approximate surface area is 191 Å². The van der Waals surface area contributed by atoms with Crippen molar-refractivity contribution in [2.45, 2.75) is 63.7 Å². The van der Waals surface area contributed by atoms with Crippen LogP contribution in [0.25, 0.3) is 11.0 Å². The van der Waals surface area contributed by atoms with Gasteiger partial charge < -0.3 is 19.5 Å². The minimum atomic E-state index is -3.18. The fraction of sp³-hybridized carbons (Fsp3) is 0.619. The number of fused-ring (bicyclic) bond motifs is 1. The molecule has 13 heteroatoms. The number of hydrogen-bond donors (Lipinski definition) is 1. The Balaban J connectivity index is 1.66. The number of amides is 1. The fourth-order valence-corrected chi connectivity index (χ4v) is 3.70. The number of aryl methyl sites for hydroxylation is 1. The number of alkyl halides is 4. The van der Waals surface area contributed by atoms with Gasteiger partial charge in [0.1, 0.15) is 23.7 Å². The number of halogens is 6. The van der Waals surface area contributed by atoms with Crippen LogP contribution in [-0.4, -0.2) is 59.3 Å². The third kappa shape index (κ3) is 5.86. The number of hydrogen-bond acceptors (Lipinski definition) is 5. The molecular formula is C21H25F6N3O4. The van der Waals surface area contributed by atoms with E-state index in [4.69, 9.17) is 9.47 Å². The van der Waals surface area contributed by atoms with E-state index in [1.165, 1.54) is 14.0 Å².